The van der Waals surface area contributed by atoms with E-state index in [1.807, 2.05) is 41.5 Å². The van der Waals surface area contributed by atoms with E-state index in [1.54, 1.807) is 0 Å². The van der Waals surface area contributed by atoms with Gasteiger partial charge >= 0.3 is 0 Å². The smallest absolute Gasteiger partial charge is 0.235 e. The second-order valence-corrected chi connectivity index (χ2v) is 9.56. The topological polar surface area (TPSA) is 52.6 Å². The number of alkyl halides is 1. The van der Waals surface area contributed by atoms with Crippen LogP contribution in [0.15, 0.2) is 0 Å². The fraction of sp³-hybridized carbons (Fsp3) is 0.923. The lowest BCUT2D eigenvalue weighted by molar-refractivity contribution is -0.196. The molecule has 0 bridgehead atoms. The van der Waals surface area contributed by atoms with Gasteiger partial charge in [-0.3, -0.25) is 4.79 Å². The zero-order valence-corrected chi connectivity index (χ0v) is 14.3. The van der Waals surface area contributed by atoms with Crippen molar-refractivity contribution in [3.8, 4) is 0 Å². The highest BCUT2D eigenvalue weighted by atomic mass is 127. The first kappa shape index (κ1) is 16.2. The van der Waals surface area contributed by atoms with E-state index in [2.05, 4.69) is 27.9 Å². The number of carbonyl (C=O) groups excluding carboxylic acids is 1. The molecule has 4 nitrogen and oxygen atoms in total. The number of rotatable bonds is 3. The molecule has 1 rings (SSSR count). The number of carbonyl (C=O) groups is 1. The molecule has 1 unspecified atom stereocenters. The number of nitrogens with one attached hydrogen (secondary N) is 1. The molecular formula is C13H25IN2O2. The van der Waals surface area contributed by atoms with Gasteiger partial charge in [0.15, 0.2) is 0 Å². The zero-order valence-electron chi connectivity index (χ0n) is 12.2. The number of halogens is 1. The van der Waals surface area contributed by atoms with Gasteiger partial charge in [0.25, 0.3) is 0 Å². The van der Waals surface area contributed by atoms with Gasteiger partial charge in [-0.05, 0) is 53.9 Å². The molecule has 0 radical (unpaired) electrons. The third-order valence-corrected chi connectivity index (χ3v) is 4.40. The molecule has 0 aromatic rings. The first-order chi connectivity index (χ1) is 7.89. The van der Waals surface area contributed by atoms with Crippen LogP contribution in [0.1, 0.15) is 48.0 Å². The zero-order chi connectivity index (χ0) is 14.4. The summed E-state index contributed by atoms with van der Waals surface area (Å²) in [6.45, 7) is 12.5. The summed E-state index contributed by atoms with van der Waals surface area (Å²) < 4.78 is -0.394. The molecule has 1 aliphatic heterocycles. The van der Waals surface area contributed by atoms with E-state index >= 15 is 0 Å². The highest BCUT2D eigenvalue weighted by molar-refractivity contribution is 14.1. The minimum absolute atomic E-state index is 0.0492. The lowest BCUT2D eigenvalue weighted by Gasteiger charge is -2.36. The quantitative estimate of drug-likeness (QED) is 0.595. The SMILES string of the molecule is CC(C)(I)C(=O)NCC1CC(C)(C)N(O)C1(C)C. The van der Waals surface area contributed by atoms with Crippen LogP contribution in [0.3, 0.4) is 0 Å². The molecule has 1 fully saturated rings. The highest BCUT2D eigenvalue weighted by Gasteiger charge is 2.51. The summed E-state index contributed by atoms with van der Waals surface area (Å²) in [5.74, 6) is 0.299. The van der Waals surface area contributed by atoms with E-state index in [-0.39, 0.29) is 22.9 Å². The molecule has 1 amide bonds. The summed E-state index contributed by atoms with van der Waals surface area (Å²) in [5, 5.41) is 14.6. The van der Waals surface area contributed by atoms with Gasteiger partial charge in [-0.15, -0.1) is 0 Å². The minimum Gasteiger partial charge on any atom is -0.355 e. The van der Waals surface area contributed by atoms with Crippen LogP contribution in [0.4, 0.5) is 0 Å². The first-order valence-corrected chi connectivity index (χ1v) is 7.43. The Morgan fingerprint density at radius 1 is 1.44 bits per heavy atom. The molecule has 1 aliphatic rings. The number of amides is 1. The van der Waals surface area contributed by atoms with Crippen molar-refractivity contribution in [1.82, 2.24) is 10.4 Å². The summed E-state index contributed by atoms with van der Waals surface area (Å²) in [5.41, 5.74) is -0.551. The molecule has 0 spiro atoms. The molecule has 1 heterocycles. The molecule has 0 aromatic heterocycles. The molecule has 0 aromatic carbocycles. The molecule has 2 N–H and O–H groups in total. The molecule has 1 saturated heterocycles. The number of hydrogen-bond donors (Lipinski definition) is 2. The Kier molecular flexibility index (Phi) is 4.41. The van der Waals surface area contributed by atoms with Crippen LogP contribution >= 0.6 is 22.6 Å². The van der Waals surface area contributed by atoms with Gasteiger partial charge < -0.3 is 10.5 Å². The Hall–Kier alpha value is 0.120. The largest absolute Gasteiger partial charge is 0.355 e. The maximum absolute atomic E-state index is 11.9. The van der Waals surface area contributed by atoms with E-state index in [0.29, 0.717) is 6.54 Å². The van der Waals surface area contributed by atoms with Crippen molar-refractivity contribution in [3.63, 3.8) is 0 Å². The van der Waals surface area contributed by atoms with Crippen molar-refractivity contribution in [2.45, 2.75) is 62.5 Å². The maximum atomic E-state index is 11.9. The molecule has 106 valence electrons. The van der Waals surface area contributed by atoms with Crippen LogP contribution in [0.2, 0.25) is 0 Å². The average Bonchev–Trinajstić information content (AvgIpc) is 2.34. The van der Waals surface area contributed by atoms with Crippen molar-refractivity contribution in [2.75, 3.05) is 6.54 Å². The van der Waals surface area contributed by atoms with E-state index in [4.69, 9.17) is 0 Å². The summed E-state index contributed by atoms with van der Waals surface area (Å²) in [7, 11) is 0. The molecule has 1 atom stereocenters. The van der Waals surface area contributed by atoms with Crippen LogP contribution in [0.25, 0.3) is 0 Å². The van der Waals surface area contributed by atoms with Crippen molar-refractivity contribution in [2.24, 2.45) is 5.92 Å². The summed E-state index contributed by atoms with van der Waals surface area (Å²) in [4.78, 5) is 11.9. The Morgan fingerprint density at radius 2 is 1.94 bits per heavy atom. The number of nitrogens with zero attached hydrogens (tertiary/aromatic N) is 1. The molecule has 5 heteroatoms. The Morgan fingerprint density at radius 3 is 2.28 bits per heavy atom. The first-order valence-electron chi connectivity index (χ1n) is 6.35. The highest BCUT2D eigenvalue weighted by Crippen LogP contribution is 2.43. The Balaban J connectivity index is 2.67. The third kappa shape index (κ3) is 3.17. The van der Waals surface area contributed by atoms with E-state index in [1.165, 1.54) is 5.06 Å². The van der Waals surface area contributed by atoms with Gasteiger partial charge in [-0.1, -0.05) is 22.6 Å². The normalized spacial score (nSPS) is 27.2. The molecular weight excluding hydrogens is 343 g/mol. The molecule has 0 aliphatic carbocycles. The average molecular weight is 368 g/mol. The fourth-order valence-corrected chi connectivity index (χ4v) is 2.83. The van der Waals surface area contributed by atoms with E-state index in [9.17, 15) is 10.0 Å². The Labute approximate surface area is 124 Å². The van der Waals surface area contributed by atoms with Crippen molar-refractivity contribution in [3.05, 3.63) is 0 Å². The van der Waals surface area contributed by atoms with Gasteiger partial charge in [-0.25, -0.2) is 0 Å². The van der Waals surface area contributed by atoms with Crippen molar-refractivity contribution in [1.29, 1.82) is 0 Å². The second kappa shape index (κ2) is 4.90. The maximum Gasteiger partial charge on any atom is 0.235 e. The Bertz CT molecular complexity index is 334. The van der Waals surface area contributed by atoms with Crippen LogP contribution in [0.5, 0.6) is 0 Å². The van der Waals surface area contributed by atoms with Crippen molar-refractivity contribution < 1.29 is 10.0 Å². The number of hydroxylamine groups is 2. The van der Waals surface area contributed by atoms with Gasteiger partial charge in [0, 0.05) is 17.6 Å². The predicted molar refractivity (Wildman–Crippen MR) is 81.0 cm³/mol. The van der Waals surface area contributed by atoms with E-state index in [0.717, 1.165) is 6.42 Å². The monoisotopic (exact) mass is 368 g/mol. The van der Waals surface area contributed by atoms with Crippen molar-refractivity contribution >= 4 is 28.5 Å². The second-order valence-electron chi connectivity index (χ2n) is 6.86. The van der Waals surface area contributed by atoms with Crippen LogP contribution in [-0.4, -0.2) is 37.2 Å². The predicted octanol–water partition coefficient (Wildman–Crippen LogP) is 2.58. The number of hydrogen-bond acceptors (Lipinski definition) is 3. The van der Waals surface area contributed by atoms with Gasteiger partial charge in [0.05, 0.1) is 3.42 Å². The fourth-order valence-electron chi connectivity index (χ4n) is 2.64. The summed E-state index contributed by atoms with van der Waals surface area (Å²) in [6.07, 6.45) is 0.873. The van der Waals surface area contributed by atoms with Crippen LogP contribution < -0.4 is 5.32 Å². The van der Waals surface area contributed by atoms with Crippen LogP contribution in [-0.2, 0) is 4.79 Å². The third-order valence-electron chi connectivity index (χ3n) is 3.91. The lowest BCUT2D eigenvalue weighted by atomic mass is 9.87. The lowest BCUT2D eigenvalue weighted by Crippen LogP contribution is -2.49. The summed E-state index contributed by atoms with van der Waals surface area (Å²) >= 11 is 2.14. The minimum atomic E-state index is -0.394. The summed E-state index contributed by atoms with van der Waals surface area (Å²) in [6, 6.07) is 0. The van der Waals surface area contributed by atoms with Crippen LogP contribution in [0, 0.1) is 5.92 Å². The van der Waals surface area contributed by atoms with Gasteiger partial charge in [-0.2, -0.15) is 5.06 Å². The van der Waals surface area contributed by atoms with Gasteiger partial charge in [0.1, 0.15) is 0 Å². The van der Waals surface area contributed by atoms with E-state index < -0.39 is 3.42 Å². The molecule has 18 heavy (non-hydrogen) atoms. The molecule has 0 saturated carbocycles. The standard InChI is InChI=1S/C13H25IN2O2/c1-11(2)7-9(13(5,6)16(11)18)8-15-10(17)12(3,4)14/h9,18H,7-8H2,1-6H3,(H,15,17). The van der Waals surface area contributed by atoms with Gasteiger partial charge in [0.2, 0.25) is 5.91 Å².